The van der Waals surface area contributed by atoms with Crippen molar-refractivity contribution in [3.05, 3.63) is 106 Å². The fraction of sp³-hybridized carbons (Fsp3) is 0.172. The summed E-state index contributed by atoms with van der Waals surface area (Å²) in [7, 11) is 1.68. The van der Waals surface area contributed by atoms with Crippen LogP contribution in [0.3, 0.4) is 0 Å². The molecule has 4 rings (SSSR count). The number of hydrogen-bond donors (Lipinski definition) is 2. The van der Waals surface area contributed by atoms with Gasteiger partial charge in [-0.05, 0) is 55.8 Å². The topological polar surface area (TPSA) is 116 Å². The van der Waals surface area contributed by atoms with E-state index in [9.17, 15) is 18.8 Å². The average molecular weight is 546 g/mol. The molecule has 2 amide bonds. The second kappa shape index (κ2) is 12.6. The molecule has 0 bridgehead atoms. The first-order valence-corrected chi connectivity index (χ1v) is 12.4. The molecule has 0 aliphatic rings. The predicted octanol–water partition coefficient (Wildman–Crippen LogP) is 3.69. The van der Waals surface area contributed by atoms with E-state index in [1.807, 2.05) is 13.0 Å². The van der Waals surface area contributed by atoms with Crippen LogP contribution in [0.25, 0.3) is 5.69 Å². The van der Waals surface area contributed by atoms with Crippen molar-refractivity contribution in [2.75, 3.05) is 11.9 Å². The number of hydrazone groups is 1. The molecule has 0 saturated carbocycles. The standard InChI is InChI=1S/C29H28FN5O5/c1-4-39-25-16-20(14-15-24(25)40-18-21-10-8-9-13-23(21)30)17-31-33-28(37)27(36)32-26-19(2)34(3)35(29(26)38)22-11-6-5-7-12-22/h5-17H,4,18H2,1-3H3,(H,32,36)(H,33,37)/b31-17+. The van der Waals surface area contributed by atoms with Gasteiger partial charge < -0.3 is 14.8 Å². The van der Waals surface area contributed by atoms with Gasteiger partial charge in [-0.15, -0.1) is 0 Å². The van der Waals surface area contributed by atoms with E-state index < -0.39 is 17.4 Å². The maximum Gasteiger partial charge on any atom is 0.329 e. The lowest BCUT2D eigenvalue weighted by molar-refractivity contribution is -0.136. The van der Waals surface area contributed by atoms with E-state index in [-0.39, 0.29) is 18.1 Å². The minimum absolute atomic E-state index is 0.0113. The Bertz CT molecular complexity index is 1610. The first-order chi connectivity index (χ1) is 19.3. The molecular formula is C29H28FN5O5. The zero-order valence-electron chi connectivity index (χ0n) is 22.2. The van der Waals surface area contributed by atoms with Crippen LogP contribution in [0.5, 0.6) is 11.5 Å². The molecule has 0 radical (unpaired) electrons. The molecule has 10 nitrogen and oxygen atoms in total. The van der Waals surface area contributed by atoms with E-state index in [0.717, 1.165) is 0 Å². The Hall–Kier alpha value is -5.19. The molecule has 206 valence electrons. The number of nitrogens with zero attached hydrogens (tertiary/aromatic N) is 3. The molecule has 40 heavy (non-hydrogen) atoms. The summed E-state index contributed by atoms with van der Waals surface area (Å²) in [6.45, 7) is 3.84. The molecule has 3 aromatic carbocycles. The zero-order valence-corrected chi connectivity index (χ0v) is 22.2. The third-order valence-electron chi connectivity index (χ3n) is 5.99. The Balaban J connectivity index is 1.40. The normalized spacial score (nSPS) is 10.9. The zero-order chi connectivity index (χ0) is 28.6. The highest BCUT2D eigenvalue weighted by Gasteiger charge is 2.21. The van der Waals surface area contributed by atoms with E-state index in [2.05, 4.69) is 15.8 Å². The van der Waals surface area contributed by atoms with Crippen molar-refractivity contribution < 1.29 is 23.5 Å². The van der Waals surface area contributed by atoms with E-state index in [4.69, 9.17) is 9.47 Å². The van der Waals surface area contributed by atoms with Gasteiger partial charge >= 0.3 is 11.8 Å². The van der Waals surface area contributed by atoms with Crippen LogP contribution < -0.4 is 25.8 Å². The van der Waals surface area contributed by atoms with Crippen LogP contribution in [-0.2, 0) is 23.2 Å². The van der Waals surface area contributed by atoms with Gasteiger partial charge in [0.25, 0.3) is 5.56 Å². The maximum atomic E-state index is 13.9. The fourth-order valence-electron chi connectivity index (χ4n) is 3.86. The number of halogens is 1. The first kappa shape index (κ1) is 27.8. The lowest BCUT2D eigenvalue weighted by atomic mass is 10.2. The lowest BCUT2D eigenvalue weighted by Gasteiger charge is -2.13. The van der Waals surface area contributed by atoms with Crippen molar-refractivity contribution in [1.29, 1.82) is 0 Å². The van der Waals surface area contributed by atoms with Crippen molar-refractivity contribution in [2.45, 2.75) is 20.5 Å². The highest BCUT2D eigenvalue weighted by atomic mass is 19.1. The van der Waals surface area contributed by atoms with Crippen LogP contribution in [-0.4, -0.2) is 34.0 Å². The van der Waals surface area contributed by atoms with Crippen LogP contribution in [0.1, 0.15) is 23.7 Å². The summed E-state index contributed by atoms with van der Waals surface area (Å²) in [5.74, 6) is -1.66. The van der Waals surface area contributed by atoms with Gasteiger partial charge in [0.2, 0.25) is 0 Å². The minimum Gasteiger partial charge on any atom is -0.490 e. The molecule has 2 N–H and O–H groups in total. The van der Waals surface area contributed by atoms with Gasteiger partial charge in [0.05, 0.1) is 24.2 Å². The third kappa shape index (κ3) is 6.26. The molecule has 4 aromatic rings. The Morgan fingerprint density at radius 1 is 0.975 bits per heavy atom. The molecule has 0 saturated heterocycles. The number of aromatic nitrogens is 2. The third-order valence-corrected chi connectivity index (χ3v) is 5.99. The van der Waals surface area contributed by atoms with Gasteiger partial charge in [-0.25, -0.2) is 14.5 Å². The number of ether oxygens (including phenoxy) is 2. The monoisotopic (exact) mass is 545 g/mol. The van der Waals surface area contributed by atoms with Gasteiger partial charge in [-0.2, -0.15) is 5.10 Å². The van der Waals surface area contributed by atoms with E-state index >= 15 is 0 Å². The average Bonchev–Trinajstić information content (AvgIpc) is 3.16. The molecular weight excluding hydrogens is 517 g/mol. The summed E-state index contributed by atoms with van der Waals surface area (Å²) in [6, 6.07) is 20.2. The highest BCUT2D eigenvalue weighted by molar-refractivity contribution is 6.39. The van der Waals surface area contributed by atoms with Crippen molar-refractivity contribution in [3.63, 3.8) is 0 Å². The van der Waals surface area contributed by atoms with Gasteiger partial charge in [-0.3, -0.25) is 19.1 Å². The molecule has 11 heteroatoms. The Morgan fingerprint density at radius 3 is 2.42 bits per heavy atom. The lowest BCUT2D eigenvalue weighted by Crippen LogP contribution is -2.34. The van der Waals surface area contributed by atoms with E-state index in [1.165, 1.54) is 17.0 Å². The first-order valence-electron chi connectivity index (χ1n) is 12.4. The van der Waals surface area contributed by atoms with Gasteiger partial charge in [0.15, 0.2) is 11.5 Å². The van der Waals surface area contributed by atoms with Crippen molar-refractivity contribution >= 4 is 23.7 Å². The number of carbonyl (C=O) groups is 2. The largest absolute Gasteiger partial charge is 0.490 e. The fourth-order valence-corrected chi connectivity index (χ4v) is 3.86. The van der Waals surface area contributed by atoms with Crippen LogP contribution in [0.15, 0.2) is 82.7 Å². The van der Waals surface area contributed by atoms with E-state index in [0.29, 0.717) is 40.6 Å². The molecule has 1 heterocycles. The number of hydrogen-bond acceptors (Lipinski definition) is 6. The smallest absolute Gasteiger partial charge is 0.329 e. The molecule has 0 spiro atoms. The van der Waals surface area contributed by atoms with Crippen molar-refractivity contribution in [3.8, 4) is 17.2 Å². The Morgan fingerprint density at radius 2 is 1.70 bits per heavy atom. The summed E-state index contributed by atoms with van der Waals surface area (Å²) < 4.78 is 28.3. The summed E-state index contributed by atoms with van der Waals surface area (Å²) in [5, 5.41) is 6.22. The molecule has 0 aliphatic heterocycles. The number of carbonyl (C=O) groups excluding carboxylic acids is 2. The van der Waals surface area contributed by atoms with Gasteiger partial charge in [0.1, 0.15) is 18.1 Å². The van der Waals surface area contributed by atoms with Crippen LogP contribution >= 0.6 is 0 Å². The number of rotatable bonds is 9. The maximum absolute atomic E-state index is 13.9. The van der Waals surface area contributed by atoms with Crippen LogP contribution in [0.2, 0.25) is 0 Å². The van der Waals surface area contributed by atoms with Gasteiger partial charge in [0, 0.05) is 12.6 Å². The van der Waals surface area contributed by atoms with Crippen LogP contribution in [0.4, 0.5) is 10.1 Å². The number of para-hydroxylation sites is 1. The van der Waals surface area contributed by atoms with Gasteiger partial charge in [-0.1, -0.05) is 36.4 Å². The summed E-state index contributed by atoms with van der Waals surface area (Å²) in [6.07, 6.45) is 1.32. The second-order valence-electron chi connectivity index (χ2n) is 8.61. The molecule has 1 aromatic heterocycles. The summed E-state index contributed by atoms with van der Waals surface area (Å²) in [4.78, 5) is 37.8. The van der Waals surface area contributed by atoms with Crippen LogP contribution in [0, 0.1) is 12.7 Å². The molecule has 0 unspecified atom stereocenters. The molecule has 0 aliphatic carbocycles. The number of nitrogens with one attached hydrogen (secondary N) is 2. The SMILES string of the molecule is CCOc1cc(/C=N/NC(=O)C(=O)Nc2c(C)n(C)n(-c3ccccc3)c2=O)ccc1OCc1ccccc1F. The number of anilines is 1. The van der Waals surface area contributed by atoms with E-state index in [1.54, 1.807) is 79.3 Å². The Kier molecular flexibility index (Phi) is 8.75. The highest BCUT2D eigenvalue weighted by Crippen LogP contribution is 2.29. The second-order valence-corrected chi connectivity index (χ2v) is 8.61. The number of benzene rings is 3. The Labute approximate surface area is 229 Å². The summed E-state index contributed by atoms with van der Waals surface area (Å²) in [5.41, 5.74) is 3.70. The summed E-state index contributed by atoms with van der Waals surface area (Å²) >= 11 is 0. The van der Waals surface area contributed by atoms with Crippen molar-refractivity contribution in [2.24, 2.45) is 12.1 Å². The number of amides is 2. The molecule has 0 fully saturated rings. The quantitative estimate of drug-likeness (QED) is 0.189. The molecule has 0 atom stereocenters. The van der Waals surface area contributed by atoms with Crippen molar-refractivity contribution in [1.82, 2.24) is 14.8 Å². The predicted molar refractivity (Wildman–Crippen MR) is 148 cm³/mol. The minimum atomic E-state index is -1.06.